The van der Waals surface area contributed by atoms with Crippen molar-refractivity contribution >= 4 is 0 Å². The topological polar surface area (TPSA) is 84.3 Å². The van der Waals surface area contributed by atoms with Crippen molar-refractivity contribution in [3.05, 3.63) is 33.1 Å². The van der Waals surface area contributed by atoms with E-state index in [0.29, 0.717) is 12.8 Å². The minimum Gasteiger partial charge on any atom is -0.394 e. The van der Waals surface area contributed by atoms with Gasteiger partial charge in [0.2, 0.25) is 0 Å². The van der Waals surface area contributed by atoms with E-state index in [-0.39, 0.29) is 18.9 Å². The highest BCUT2D eigenvalue weighted by Gasteiger charge is 2.26. The maximum atomic E-state index is 11.4. The molecule has 0 spiro atoms. The Morgan fingerprint density at radius 3 is 2.93 bits per heavy atom. The number of aromatic amines is 1. The first-order valence-electron chi connectivity index (χ1n) is 4.78. The van der Waals surface area contributed by atoms with Gasteiger partial charge in [-0.15, -0.1) is 0 Å². The molecule has 2 atom stereocenters. The maximum Gasteiger partial charge on any atom is 0.330 e. The predicted molar refractivity (Wildman–Crippen MR) is 51.6 cm³/mol. The van der Waals surface area contributed by atoms with E-state index in [2.05, 4.69) is 4.98 Å². The second-order valence-electron chi connectivity index (χ2n) is 3.49. The summed E-state index contributed by atoms with van der Waals surface area (Å²) >= 11 is 0. The molecule has 0 bridgehead atoms. The number of H-pyrrole nitrogens is 1. The van der Waals surface area contributed by atoms with Gasteiger partial charge in [-0.1, -0.05) is 0 Å². The van der Waals surface area contributed by atoms with Crippen LogP contribution in [0, 0.1) is 0 Å². The number of nitrogens with zero attached hydrogens (tertiary/aromatic N) is 1. The zero-order valence-corrected chi connectivity index (χ0v) is 8.05. The standard InChI is InChI=1S/C9H12N2O4/c12-5-6-1-2-8(15-6)11-4-3-7(13)10-9(11)14/h3-4,6,8,12H,1-2,5H2,(H,10,13,14)/t6-,8+/m1/s1. The number of aliphatic hydroxyl groups excluding tert-OH is 1. The summed E-state index contributed by atoms with van der Waals surface area (Å²) in [4.78, 5) is 24.4. The van der Waals surface area contributed by atoms with Gasteiger partial charge in [-0.25, -0.2) is 4.79 Å². The number of hydrogen-bond acceptors (Lipinski definition) is 4. The fourth-order valence-corrected chi connectivity index (χ4v) is 1.68. The van der Waals surface area contributed by atoms with Gasteiger partial charge in [0, 0.05) is 12.3 Å². The minimum atomic E-state index is -0.480. The van der Waals surface area contributed by atoms with Crippen molar-refractivity contribution in [3.8, 4) is 0 Å². The van der Waals surface area contributed by atoms with Crippen LogP contribution in [0.3, 0.4) is 0 Å². The molecular weight excluding hydrogens is 200 g/mol. The van der Waals surface area contributed by atoms with Crippen LogP contribution < -0.4 is 11.2 Å². The number of ether oxygens (including phenoxy) is 1. The Morgan fingerprint density at radius 2 is 2.33 bits per heavy atom. The van der Waals surface area contributed by atoms with Crippen LogP contribution in [0.15, 0.2) is 21.9 Å². The Bertz CT molecular complexity index is 450. The van der Waals surface area contributed by atoms with E-state index in [9.17, 15) is 9.59 Å². The summed E-state index contributed by atoms with van der Waals surface area (Å²) in [7, 11) is 0. The van der Waals surface area contributed by atoms with Crippen molar-refractivity contribution in [2.45, 2.75) is 25.2 Å². The van der Waals surface area contributed by atoms with Crippen molar-refractivity contribution < 1.29 is 9.84 Å². The molecule has 1 aromatic heterocycles. The summed E-state index contributed by atoms with van der Waals surface area (Å²) in [6, 6.07) is 1.27. The summed E-state index contributed by atoms with van der Waals surface area (Å²) in [5.41, 5.74) is -0.904. The lowest BCUT2D eigenvalue weighted by Gasteiger charge is -2.13. The van der Waals surface area contributed by atoms with E-state index in [1.165, 1.54) is 16.8 Å². The van der Waals surface area contributed by atoms with E-state index in [4.69, 9.17) is 9.84 Å². The first kappa shape index (κ1) is 10.1. The van der Waals surface area contributed by atoms with Crippen molar-refractivity contribution in [1.82, 2.24) is 9.55 Å². The first-order chi connectivity index (χ1) is 7.20. The van der Waals surface area contributed by atoms with E-state index in [0.717, 1.165) is 0 Å². The van der Waals surface area contributed by atoms with Crippen LogP contribution in [0.1, 0.15) is 19.1 Å². The first-order valence-corrected chi connectivity index (χ1v) is 4.78. The SMILES string of the molecule is O=c1ccn([C@@H]2CC[C@H](CO)O2)c(=O)[nH]1. The van der Waals surface area contributed by atoms with Crippen molar-refractivity contribution in [1.29, 1.82) is 0 Å². The Labute approximate surface area is 85.1 Å². The van der Waals surface area contributed by atoms with E-state index >= 15 is 0 Å². The molecule has 1 aromatic rings. The predicted octanol–water partition coefficient (Wildman–Crippen LogP) is -0.794. The molecule has 6 heteroatoms. The van der Waals surface area contributed by atoms with Crippen molar-refractivity contribution in [2.75, 3.05) is 6.61 Å². The Morgan fingerprint density at radius 1 is 1.53 bits per heavy atom. The molecular formula is C9H12N2O4. The fraction of sp³-hybridized carbons (Fsp3) is 0.556. The third kappa shape index (κ3) is 2.00. The van der Waals surface area contributed by atoms with Crippen LogP contribution in [0.2, 0.25) is 0 Å². The zero-order chi connectivity index (χ0) is 10.8. The number of nitrogens with one attached hydrogen (secondary N) is 1. The van der Waals surface area contributed by atoms with Crippen LogP contribution in [0.25, 0.3) is 0 Å². The molecule has 6 nitrogen and oxygen atoms in total. The summed E-state index contributed by atoms with van der Waals surface area (Å²) in [6.45, 7) is -0.0470. The Balaban J connectivity index is 2.24. The van der Waals surface area contributed by atoms with Crippen LogP contribution in [-0.4, -0.2) is 27.4 Å². The van der Waals surface area contributed by atoms with Gasteiger partial charge in [0.15, 0.2) is 0 Å². The van der Waals surface area contributed by atoms with E-state index < -0.39 is 11.2 Å². The molecule has 2 heterocycles. The molecule has 1 aliphatic rings. The van der Waals surface area contributed by atoms with Crippen LogP contribution in [-0.2, 0) is 4.74 Å². The molecule has 0 amide bonds. The number of rotatable bonds is 2. The van der Waals surface area contributed by atoms with Crippen LogP contribution in [0.5, 0.6) is 0 Å². The lowest BCUT2D eigenvalue weighted by atomic mass is 10.2. The molecule has 2 N–H and O–H groups in total. The molecule has 82 valence electrons. The van der Waals surface area contributed by atoms with Crippen molar-refractivity contribution in [2.24, 2.45) is 0 Å². The van der Waals surface area contributed by atoms with Gasteiger partial charge in [-0.05, 0) is 12.8 Å². The number of hydrogen-bond donors (Lipinski definition) is 2. The smallest absolute Gasteiger partial charge is 0.330 e. The third-order valence-corrected chi connectivity index (χ3v) is 2.45. The molecule has 0 aliphatic carbocycles. The quantitative estimate of drug-likeness (QED) is 0.672. The second kappa shape index (κ2) is 4.00. The molecule has 15 heavy (non-hydrogen) atoms. The maximum absolute atomic E-state index is 11.4. The van der Waals surface area contributed by atoms with Gasteiger partial charge in [0.05, 0.1) is 12.7 Å². The average molecular weight is 212 g/mol. The average Bonchev–Trinajstić information content (AvgIpc) is 2.66. The largest absolute Gasteiger partial charge is 0.394 e. The molecule has 0 saturated carbocycles. The van der Waals surface area contributed by atoms with E-state index in [1.807, 2.05) is 0 Å². The molecule has 0 radical (unpaired) electrons. The van der Waals surface area contributed by atoms with Gasteiger partial charge < -0.3 is 9.84 Å². The Kier molecular flexibility index (Phi) is 2.70. The summed E-state index contributed by atoms with van der Waals surface area (Å²) in [5, 5.41) is 8.87. The lowest BCUT2D eigenvalue weighted by molar-refractivity contribution is -0.0246. The molecule has 1 aliphatic heterocycles. The normalized spacial score (nSPS) is 25.7. The molecule has 1 saturated heterocycles. The highest BCUT2D eigenvalue weighted by atomic mass is 16.5. The zero-order valence-electron chi connectivity index (χ0n) is 8.05. The van der Waals surface area contributed by atoms with Gasteiger partial charge in [0.25, 0.3) is 5.56 Å². The highest BCUT2D eigenvalue weighted by Crippen LogP contribution is 2.26. The summed E-state index contributed by atoms with van der Waals surface area (Å²) in [6.07, 6.45) is 2.19. The third-order valence-electron chi connectivity index (χ3n) is 2.45. The van der Waals surface area contributed by atoms with Crippen molar-refractivity contribution in [3.63, 3.8) is 0 Å². The second-order valence-corrected chi connectivity index (χ2v) is 3.49. The monoisotopic (exact) mass is 212 g/mol. The number of aromatic nitrogens is 2. The van der Waals surface area contributed by atoms with Crippen LogP contribution >= 0.6 is 0 Å². The van der Waals surface area contributed by atoms with Gasteiger partial charge in [-0.2, -0.15) is 0 Å². The number of aliphatic hydroxyl groups is 1. The summed E-state index contributed by atoms with van der Waals surface area (Å²) in [5.74, 6) is 0. The van der Waals surface area contributed by atoms with E-state index in [1.54, 1.807) is 0 Å². The highest BCUT2D eigenvalue weighted by molar-refractivity contribution is 4.85. The summed E-state index contributed by atoms with van der Waals surface area (Å²) < 4.78 is 6.74. The van der Waals surface area contributed by atoms with Crippen LogP contribution in [0.4, 0.5) is 0 Å². The molecule has 2 rings (SSSR count). The molecule has 0 unspecified atom stereocenters. The molecule has 0 aromatic carbocycles. The van der Waals surface area contributed by atoms with Gasteiger partial charge in [-0.3, -0.25) is 14.3 Å². The molecule has 1 fully saturated rings. The van der Waals surface area contributed by atoms with Gasteiger partial charge >= 0.3 is 5.69 Å². The minimum absolute atomic E-state index is 0.0470. The van der Waals surface area contributed by atoms with Gasteiger partial charge in [0.1, 0.15) is 6.23 Å². The Hall–Kier alpha value is -1.40. The fourth-order valence-electron chi connectivity index (χ4n) is 1.68. The lowest BCUT2D eigenvalue weighted by Crippen LogP contribution is -2.31.